The van der Waals surface area contributed by atoms with E-state index in [1.54, 1.807) is 0 Å². The SMILES string of the molecule is CCCCCc1ccc(-c2ccc(CCC3CCCCC3)cc2)cc1. The maximum Gasteiger partial charge on any atom is -0.0184 e. The number of benzene rings is 2. The van der Waals surface area contributed by atoms with Gasteiger partial charge in [0.05, 0.1) is 0 Å². The van der Waals surface area contributed by atoms with Gasteiger partial charge in [-0.15, -0.1) is 0 Å². The Morgan fingerprint density at radius 2 is 1.24 bits per heavy atom. The summed E-state index contributed by atoms with van der Waals surface area (Å²) in [5.74, 6) is 0.980. The van der Waals surface area contributed by atoms with Crippen molar-refractivity contribution in [3.05, 3.63) is 59.7 Å². The van der Waals surface area contributed by atoms with Gasteiger partial charge in [-0.05, 0) is 53.9 Å². The van der Waals surface area contributed by atoms with Crippen molar-refractivity contribution < 1.29 is 0 Å². The van der Waals surface area contributed by atoms with Crippen LogP contribution in [0.25, 0.3) is 11.1 Å². The van der Waals surface area contributed by atoms with Crippen LogP contribution in [0.3, 0.4) is 0 Å². The molecule has 0 radical (unpaired) electrons. The van der Waals surface area contributed by atoms with Gasteiger partial charge in [0.1, 0.15) is 0 Å². The zero-order valence-electron chi connectivity index (χ0n) is 16.0. The van der Waals surface area contributed by atoms with Gasteiger partial charge in [-0.1, -0.05) is 100 Å². The van der Waals surface area contributed by atoms with Gasteiger partial charge in [0.15, 0.2) is 0 Å². The molecule has 1 saturated carbocycles. The van der Waals surface area contributed by atoms with Crippen LogP contribution in [-0.2, 0) is 12.8 Å². The third-order valence-corrected chi connectivity index (χ3v) is 5.88. The van der Waals surface area contributed by atoms with Gasteiger partial charge in [0.2, 0.25) is 0 Å². The minimum Gasteiger partial charge on any atom is -0.0654 e. The van der Waals surface area contributed by atoms with Crippen molar-refractivity contribution >= 4 is 0 Å². The molecule has 0 amide bonds. The van der Waals surface area contributed by atoms with Crippen LogP contribution in [-0.4, -0.2) is 0 Å². The lowest BCUT2D eigenvalue weighted by atomic mass is 9.85. The summed E-state index contributed by atoms with van der Waals surface area (Å²) in [6.07, 6.45) is 15.1. The van der Waals surface area contributed by atoms with Crippen molar-refractivity contribution in [2.45, 2.75) is 77.6 Å². The Morgan fingerprint density at radius 3 is 1.80 bits per heavy atom. The van der Waals surface area contributed by atoms with Crippen LogP contribution < -0.4 is 0 Å². The summed E-state index contributed by atoms with van der Waals surface area (Å²) in [7, 11) is 0. The zero-order valence-corrected chi connectivity index (χ0v) is 16.0. The van der Waals surface area contributed by atoms with E-state index < -0.39 is 0 Å². The second kappa shape index (κ2) is 9.80. The third-order valence-electron chi connectivity index (χ3n) is 5.88. The normalized spacial score (nSPS) is 15.4. The molecule has 0 unspecified atom stereocenters. The van der Waals surface area contributed by atoms with E-state index in [1.807, 2.05) is 0 Å². The lowest BCUT2D eigenvalue weighted by Crippen LogP contribution is -2.07. The van der Waals surface area contributed by atoms with Crippen LogP contribution >= 0.6 is 0 Å². The smallest absolute Gasteiger partial charge is 0.0184 e. The monoisotopic (exact) mass is 334 g/mol. The molecule has 2 aromatic carbocycles. The Morgan fingerprint density at radius 1 is 0.680 bits per heavy atom. The quantitative estimate of drug-likeness (QED) is 0.436. The molecule has 1 aliphatic carbocycles. The predicted molar refractivity (Wildman–Crippen MR) is 110 cm³/mol. The molecule has 0 saturated heterocycles. The summed E-state index contributed by atoms with van der Waals surface area (Å²) in [5.41, 5.74) is 5.67. The lowest BCUT2D eigenvalue weighted by molar-refractivity contribution is 0.339. The molecule has 0 atom stereocenters. The minimum absolute atomic E-state index is 0.980. The molecule has 3 rings (SSSR count). The molecule has 0 nitrogen and oxygen atoms in total. The van der Waals surface area contributed by atoms with E-state index in [0.29, 0.717) is 0 Å². The Bertz CT molecular complexity index is 599. The topological polar surface area (TPSA) is 0 Å². The fraction of sp³-hybridized carbons (Fsp3) is 0.520. The number of aryl methyl sites for hydroxylation is 2. The molecule has 0 bridgehead atoms. The maximum absolute atomic E-state index is 2.34. The Kier molecular flexibility index (Phi) is 7.15. The van der Waals surface area contributed by atoms with Crippen LogP contribution in [0.4, 0.5) is 0 Å². The molecular weight excluding hydrogens is 300 g/mol. The van der Waals surface area contributed by atoms with E-state index in [0.717, 1.165) is 5.92 Å². The molecule has 0 N–H and O–H groups in total. The lowest BCUT2D eigenvalue weighted by Gasteiger charge is -2.21. The third kappa shape index (κ3) is 5.73. The minimum atomic E-state index is 0.980. The molecule has 1 fully saturated rings. The molecule has 25 heavy (non-hydrogen) atoms. The first-order valence-corrected chi connectivity index (χ1v) is 10.5. The molecule has 0 heteroatoms. The summed E-state index contributed by atoms with van der Waals surface area (Å²) in [6, 6.07) is 18.5. The molecule has 0 spiro atoms. The number of hydrogen-bond donors (Lipinski definition) is 0. The van der Waals surface area contributed by atoms with E-state index in [9.17, 15) is 0 Å². The largest absolute Gasteiger partial charge is 0.0654 e. The first kappa shape index (κ1) is 18.2. The van der Waals surface area contributed by atoms with Crippen LogP contribution in [0.1, 0.15) is 75.8 Å². The first-order chi connectivity index (χ1) is 12.3. The molecule has 0 aromatic heterocycles. The van der Waals surface area contributed by atoms with Crippen molar-refractivity contribution in [2.24, 2.45) is 5.92 Å². The second-order valence-corrected chi connectivity index (χ2v) is 7.89. The summed E-state index contributed by atoms with van der Waals surface area (Å²) < 4.78 is 0. The highest BCUT2D eigenvalue weighted by Gasteiger charge is 2.13. The van der Waals surface area contributed by atoms with Gasteiger partial charge in [0, 0.05) is 0 Å². The van der Waals surface area contributed by atoms with Crippen molar-refractivity contribution in [2.75, 3.05) is 0 Å². The Balaban J connectivity index is 1.52. The van der Waals surface area contributed by atoms with Gasteiger partial charge >= 0.3 is 0 Å². The van der Waals surface area contributed by atoms with Crippen molar-refractivity contribution in [3.8, 4) is 11.1 Å². The van der Waals surface area contributed by atoms with Crippen molar-refractivity contribution in [3.63, 3.8) is 0 Å². The van der Waals surface area contributed by atoms with E-state index >= 15 is 0 Å². The van der Waals surface area contributed by atoms with Gasteiger partial charge in [-0.2, -0.15) is 0 Å². The number of rotatable bonds is 8. The predicted octanol–water partition coefficient (Wildman–Crippen LogP) is 7.60. The molecule has 1 aliphatic rings. The highest BCUT2D eigenvalue weighted by molar-refractivity contribution is 5.63. The van der Waals surface area contributed by atoms with Gasteiger partial charge in [-0.3, -0.25) is 0 Å². The highest BCUT2D eigenvalue weighted by atomic mass is 14.2. The van der Waals surface area contributed by atoms with E-state index in [2.05, 4.69) is 55.5 Å². The molecule has 134 valence electrons. The van der Waals surface area contributed by atoms with E-state index in [4.69, 9.17) is 0 Å². The van der Waals surface area contributed by atoms with E-state index in [1.165, 1.54) is 92.9 Å². The summed E-state index contributed by atoms with van der Waals surface area (Å²) in [6.45, 7) is 2.27. The Hall–Kier alpha value is -1.56. The van der Waals surface area contributed by atoms with Crippen LogP contribution in [0.5, 0.6) is 0 Å². The zero-order chi connectivity index (χ0) is 17.3. The average molecular weight is 335 g/mol. The summed E-state index contributed by atoms with van der Waals surface area (Å²) >= 11 is 0. The maximum atomic E-state index is 2.34. The second-order valence-electron chi connectivity index (χ2n) is 7.89. The molecule has 2 aromatic rings. The van der Waals surface area contributed by atoms with Gasteiger partial charge < -0.3 is 0 Å². The fourth-order valence-electron chi connectivity index (χ4n) is 4.15. The molecule has 0 heterocycles. The highest BCUT2D eigenvalue weighted by Crippen LogP contribution is 2.28. The summed E-state index contributed by atoms with van der Waals surface area (Å²) in [4.78, 5) is 0. The summed E-state index contributed by atoms with van der Waals surface area (Å²) in [5, 5.41) is 0. The standard InChI is InChI=1S/C25H34/c1-2-3-5-8-22-13-17-24(18-14-22)25-19-15-23(16-20-25)12-11-21-9-6-4-7-10-21/h13-21H,2-12H2,1H3. The molecule has 0 aliphatic heterocycles. The number of hydrogen-bond acceptors (Lipinski definition) is 0. The first-order valence-electron chi connectivity index (χ1n) is 10.5. The average Bonchev–Trinajstić information content (AvgIpc) is 2.68. The van der Waals surface area contributed by atoms with Crippen LogP contribution in [0.15, 0.2) is 48.5 Å². The molecular formula is C25H34. The van der Waals surface area contributed by atoms with Gasteiger partial charge in [-0.25, -0.2) is 0 Å². The van der Waals surface area contributed by atoms with E-state index in [-0.39, 0.29) is 0 Å². The van der Waals surface area contributed by atoms with Gasteiger partial charge in [0.25, 0.3) is 0 Å². The number of unbranched alkanes of at least 4 members (excludes halogenated alkanes) is 2. The fourth-order valence-corrected chi connectivity index (χ4v) is 4.15. The van der Waals surface area contributed by atoms with Crippen molar-refractivity contribution in [1.82, 2.24) is 0 Å². The Labute approximate surface area is 154 Å². The van der Waals surface area contributed by atoms with Crippen LogP contribution in [0.2, 0.25) is 0 Å². The van der Waals surface area contributed by atoms with Crippen molar-refractivity contribution in [1.29, 1.82) is 0 Å². The van der Waals surface area contributed by atoms with Crippen LogP contribution in [0, 0.1) is 5.92 Å².